The van der Waals surface area contributed by atoms with Gasteiger partial charge in [0.2, 0.25) is 0 Å². The van der Waals surface area contributed by atoms with E-state index in [1.54, 1.807) is 0 Å². The van der Waals surface area contributed by atoms with Crippen LogP contribution in [0.25, 0.3) is 6.08 Å². The van der Waals surface area contributed by atoms with Gasteiger partial charge in [0.05, 0.1) is 11.6 Å². The number of rotatable bonds is 2. The Morgan fingerprint density at radius 1 is 1.43 bits per heavy atom. The van der Waals surface area contributed by atoms with Crippen molar-refractivity contribution in [1.29, 1.82) is 5.26 Å². The lowest BCUT2D eigenvalue weighted by atomic mass is 10.1. The lowest BCUT2D eigenvalue weighted by Gasteiger charge is -1.96. The van der Waals surface area contributed by atoms with Crippen LogP contribution < -0.4 is 0 Å². The van der Waals surface area contributed by atoms with Gasteiger partial charge < -0.3 is 10.2 Å². The van der Waals surface area contributed by atoms with E-state index in [-0.39, 0.29) is 11.3 Å². The van der Waals surface area contributed by atoms with Gasteiger partial charge >= 0.3 is 5.97 Å². The van der Waals surface area contributed by atoms with Gasteiger partial charge in [0.15, 0.2) is 0 Å². The minimum Gasteiger partial charge on any atom is -0.508 e. The van der Waals surface area contributed by atoms with Crippen LogP contribution in [0, 0.1) is 11.3 Å². The van der Waals surface area contributed by atoms with Crippen LogP contribution in [0.3, 0.4) is 0 Å². The number of aromatic hydroxyl groups is 1. The molecule has 0 bridgehead atoms. The summed E-state index contributed by atoms with van der Waals surface area (Å²) in [4.78, 5) is 10.2. The van der Waals surface area contributed by atoms with Gasteiger partial charge in [-0.2, -0.15) is 5.26 Å². The molecule has 0 aliphatic carbocycles. The molecule has 0 amide bonds. The van der Waals surface area contributed by atoms with Crippen molar-refractivity contribution < 1.29 is 15.0 Å². The van der Waals surface area contributed by atoms with Gasteiger partial charge in [0.25, 0.3) is 0 Å². The zero-order chi connectivity index (χ0) is 10.6. The molecule has 2 N–H and O–H groups in total. The highest BCUT2D eigenvalue weighted by Gasteiger charge is 1.97. The second-order valence-electron chi connectivity index (χ2n) is 2.60. The molecule has 4 nitrogen and oxygen atoms in total. The third-order valence-corrected chi connectivity index (χ3v) is 1.49. The van der Waals surface area contributed by atoms with Crippen LogP contribution in [-0.2, 0) is 4.79 Å². The Morgan fingerprint density at radius 3 is 2.71 bits per heavy atom. The van der Waals surface area contributed by atoms with Crippen molar-refractivity contribution in [3.8, 4) is 11.8 Å². The number of hydrogen-bond donors (Lipinski definition) is 2. The number of nitriles is 1. The summed E-state index contributed by atoms with van der Waals surface area (Å²) >= 11 is 0. The van der Waals surface area contributed by atoms with E-state index in [2.05, 4.69) is 0 Å². The number of phenolic OH excluding ortho intramolecular Hbond substituents is 1. The molecule has 1 rings (SSSR count). The maximum Gasteiger partial charge on any atom is 0.328 e. The Hall–Kier alpha value is -2.28. The number of benzene rings is 1. The Bertz CT molecular complexity index is 429. The minimum absolute atomic E-state index is 0.0610. The van der Waals surface area contributed by atoms with Crippen molar-refractivity contribution in [3.63, 3.8) is 0 Å². The number of carbonyl (C=O) groups is 1. The van der Waals surface area contributed by atoms with Gasteiger partial charge in [0, 0.05) is 6.08 Å². The lowest BCUT2D eigenvalue weighted by molar-refractivity contribution is -0.131. The van der Waals surface area contributed by atoms with Crippen LogP contribution in [0.2, 0.25) is 0 Å². The maximum absolute atomic E-state index is 10.2. The highest BCUT2D eigenvalue weighted by molar-refractivity contribution is 5.85. The number of aliphatic carboxylic acids is 1. The Balaban J connectivity index is 3.05. The molecule has 0 aliphatic rings. The van der Waals surface area contributed by atoms with Crippen LogP contribution in [0.4, 0.5) is 0 Å². The molecule has 0 aliphatic heterocycles. The summed E-state index contributed by atoms with van der Waals surface area (Å²) in [7, 11) is 0. The molecule has 0 unspecified atom stereocenters. The van der Waals surface area contributed by atoms with Crippen molar-refractivity contribution in [2.75, 3.05) is 0 Å². The van der Waals surface area contributed by atoms with Crippen LogP contribution in [-0.4, -0.2) is 16.2 Å². The van der Waals surface area contributed by atoms with E-state index >= 15 is 0 Å². The summed E-state index contributed by atoms with van der Waals surface area (Å²) in [5.74, 6) is -1.14. The summed E-state index contributed by atoms with van der Waals surface area (Å²) < 4.78 is 0. The van der Waals surface area contributed by atoms with Crippen molar-refractivity contribution in [2.45, 2.75) is 0 Å². The van der Waals surface area contributed by atoms with E-state index < -0.39 is 5.97 Å². The predicted octanol–water partition coefficient (Wildman–Crippen LogP) is 1.36. The van der Waals surface area contributed by atoms with E-state index in [9.17, 15) is 4.79 Å². The minimum atomic E-state index is -1.08. The Morgan fingerprint density at radius 2 is 2.14 bits per heavy atom. The topological polar surface area (TPSA) is 81.3 Å². The third-order valence-electron chi connectivity index (χ3n) is 1.49. The molecule has 0 fully saturated rings. The monoisotopic (exact) mass is 189 g/mol. The van der Waals surface area contributed by atoms with E-state index in [0.29, 0.717) is 5.56 Å². The molecule has 0 heterocycles. The average molecular weight is 189 g/mol. The van der Waals surface area contributed by atoms with Crippen LogP contribution in [0.1, 0.15) is 11.1 Å². The fourth-order valence-electron chi connectivity index (χ4n) is 0.963. The first kappa shape index (κ1) is 9.81. The fraction of sp³-hybridized carbons (Fsp3) is 0. The standard InChI is InChI=1S/C10H7NO3/c11-6-8-3-7(1-2-10(13)14)4-9(12)5-8/h1-5,12H,(H,13,14)/b2-1+. The number of hydrogen-bond acceptors (Lipinski definition) is 3. The molecule has 14 heavy (non-hydrogen) atoms. The molecular formula is C10H7NO3. The third kappa shape index (κ3) is 2.64. The van der Waals surface area contributed by atoms with E-state index in [1.807, 2.05) is 6.07 Å². The molecule has 1 aromatic carbocycles. The molecule has 4 heteroatoms. The Kier molecular flexibility index (Phi) is 2.87. The number of carboxylic acids is 1. The van der Waals surface area contributed by atoms with Crippen molar-refractivity contribution in [3.05, 3.63) is 35.4 Å². The van der Waals surface area contributed by atoms with E-state index in [4.69, 9.17) is 15.5 Å². The highest BCUT2D eigenvalue weighted by Crippen LogP contribution is 2.16. The molecular weight excluding hydrogens is 182 g/mol. The van der Waals surface area contributed by atoms with Gasteiger partial charge in [-0.3, -0.25) is 0 Å². The van der Waals surface area contributed by atoms with Crippen LogP contribution in [0.5, 0.6) is 5.75 Å². The molecule has 0 atom stereocenters. The van der Waals surface area contributed by atoms with Crippen LogP contribution in [0.15, 0.2) is 24.3 Å². The van der Waals surface area contributed by atoms with Crippen molar-refractivity contribution >= 4 is 12.0 Å². The van der Waals surface area contributed by atoms with Gasteiger partial charge in [-0.25, -0.2) is 4.79 Å². The summed E-state index contributed by atoms with van der Waals surface area (Å²) in [6.45, 7) is 0. The molecule has 1 aromatic rings. The predicted molar refractivity (Wildman–Crippen MR) is 49.5 cm³/mol. The summed E-state index contributed by atoms with van der Waals surface area (Å²) in [5.41, 5.74) is 0.763. The summed E-state index contributed by atoms with van der Waals surface area (Å²) in [6, 6.07) is 6.02. The molecule has 0 spiro atoms. The molecule has 0 saturated carbocycles. The lowest BCUT2D eigenvalue weighted by Crippen LogP contribution is -1.86. The first-order valence-electron chi connectivity index (χ1n) is 3.77. The number of carboxylic acid groups (broad SMARTS) is 1. The second kappa shape index (κ2) is 4.10. The van der Waals surface area contributed by atoms with Crippen LogP contribution >= 0.6 is 0 Å². The van der Waals surface area contributed by atoms with Gasteiger partial charge in [-0.15, -0.1) is 0 Å². The summed E-state index contributed by atoms with van der Waals surface area (Å²) in [5, 5.41) is 26.1. The highest BCUT2D eigenvalue weighted by atomic mass is 16.4. The average Bonchev–Trinajstić information content (AvgIpc) is 2.14. The second-order valence-corrected chi connectivity index (χ2v) is 2.60. The molecule has 70 valence electrons. The maximum atomic E-state index is 10.2. The number of nitrogens with zero attached hydrogens (tertiary/aromatic N) is 1. The number of phenols is 1. The largest absolute Gasteiger partial charge is 0.508 e. The van der Waals surface area contributed by atoms with Crippen molar-refractivity contribution in [2.24, 2.45) is 0 Å². The first-order chi connectivity index (χ1) is 6.61. The zero-order valence-electron chi connectivity index (χ0n) is 7.14. The molecule has 0 radical (unpaired) electrons. The Labute approximate surface area is 80.3 Å². The molecule has 0 aromatic heterocycles. The quantitative estimate of drug-likeness (QED) is 0.688. The van der Waals surface area contributed by atoms with Gasteiger partial charge in [-0.05, 0) is 29.8 Å². The van der Waals surface area contributed by atoms with E-state index in [0.717, 1.165) is 6.08 Å². The normalized spacial score (nSPS) is 9.93. The van der Waals surface area contributed by atoms with E-state index in [1.165, 1.54) is 24.3 Å². The smallest absolute Gasteiger partial charge is 0.328 e. The van der Waals surface area contributed by atoms with Gasteiger partial charge in [0.1, 0.15) is 5.75 Å². The zero-order valence-corrected chi connectivity index (χ0v) is 7.14. The summed E-state index contributed by atoms with van der Waals surface area (Å²) in [6.07, 6.45) is 2.25. The van der Waals surface area contributed by atoms with Gasteiger partial charge in [-0.1, -0.05) is 0 Å². The molecule has 0 saturated heterocycles. The van der Waals surface area contributed by atoms with Crippen molar-refractivity contribution in [1.82, 2.24) is 0 Å². The first-order valence-corrected chi connectivity index (χ1v) is 3.77. The fourth-order valence-corrected chi connectivity index (χ4v) is 0.963. The SMILES string of the molecule is N#Cc1cc(O)cc(/C=C/C(=O)O)c1.